The van der Waals surface area contributed by atoms with Crippen LogP contribution in [-0.4, -0.2) is 26.9 Å². The van der Waals surface area contributed by atoms with E-state index in [-0.39, 0.29) is 47.5 Å². The molecule has 0 radical (unpaired) electrons. The number of hydrogen-bond acceptors (Lipinski definition) is 7. The van der Waals surface area contributed by atoms with Gasteiger partial charge in [-0.25, -0.2) is 14.4 Å². The number of rotatable bonds is 10. The predicted octanol–water partition coefficient (Wildman–Crippen LogP) is 7.48. The molecule has 0 aliphatic carbocycles. The van der Waals surface area contributed by atoms with Gasteiger partial charge in [-0.05, 0) is 59.5 Å². The quantitative estimate of drug-likeness (QED) is 0.153. The van der Waals surface area contributed by atoms with Crippen molar-refractivity contribution in [1.82, 2.24) is 15.0 Å². The van der Waals surface area contributed by atoms with Gasteiger partial charge in [0, 0.05) is 30.2 Å². The van der Waals surface area contributed by atoms with E-state index in [4.69, 9.17) is 9.47 Å². The molecule has 1 aromatic carbocycles. The second kappa shape index (κ2) is 12.4. The van der Waals surface area contributed by atoms with E-state index in [0.29, 0.717) is 11.9 Å². The molecule has 3 heterocycles. The molecule has 0 atom stereocenters. The highest BCUT2D eigenvalue weighted by Crippen LogP contribution is 2.33. The number of anilines is 1. The number of hydrogen-bond donors (Lipinski definition) is 1. The Bertz CT molecular complexity index is 1440. The van der Waals surface area contributed by atoms with Crippen molar-refractivity contribution in [1.29, 1.82) is 0 Å². The Morgan fingerprint density at radius 1 is 0.850 bits per heavy atom. The van der Waals surface area contributed by atoms with E-state index in [1.807, 2.05) is 0 Å². The lowest BCUT2D eigenvalue weighted by Crippen LogP contribution is -2.12. The van der Waals surface area contributed by atoms with Gasteiger partial charge in [-0.1, -0.05) is 12.1 Å². The molecule has 0 aliphatic rings. The Kier molecular flexibility index (Phi) is 8.97. The average Bonchev–Trinajstić information content (AvgIpc) is 2.91. The van der Waals surface area contributed by atoms with Crippen molar-refractivity contribution < 1.29 is 40.2 Å². The highest BCUT2D eigenvalue weighted by atomic mass is 32.2. The molecule has 0 saturated carbocycles. The monoisotopic (exact) mass is 584 g/mol. The highest BCUT2D eigenvalue weighted by molar-refractivity contribution is 8.00. The number of benzene rings is 1. The van der Waals surface area contributed by atoms with Gasteiger partial charge >= 0.3 is 12.4 Å². The minimum atomic E-state index is -4.53. The first-order valence-corrected chi connectivity index (χ1v) is 12.4. The second-order valence-corrected chi connectivity index (χ2v) is 8.97. The van der Waals surface area contributed by atoms with Crippen LogP contribution in [0.3, 0.4) is 0 Å². The van der Waals surface area contributed by atoms with Crippen molar-refractivity contribution in [2.75, 3.05) is 10.5 Å². The predicted molar refractivity (Wildman–Crippen MR) is 134 cm³/mol. The van der Waals surface area contributed by atoms with Gasteiger partial charge < -0.3 is 14.2 Å². The van der Waals surface area contributed by atoms with Crippen LogP contribution in [0.25, 0.3) is 11.3 Å². The summed E-state index contributed by atoms with van der Waals surface area (Å²) in [6, 6.07) is 11.5. The third-order valence-electron chi connectivity index (χ3n) is 5.13. The topological polar surface area (TPSA) is 69.2 Å². The van der Waals surface area contributed by atoms with Crippen LogP contribution in [0.1, 0.15) is 16.7 Å². The summed E-state index contributed by atoms with van der Waals surface area (Å²) in [5, 5.41) is 0. The first-order valence-electron chi connectivity index (χ1n) is 11.4. The number of aromatic nitrogens is 3. The van der Waals surface area contributed by atoms with Crippen LogP contribution < -0.4 is 14.2 Å². The molecule has 1 N–H and O–H groups in total. The lowest BCUT2D eigenvalue weighted by Gasteiger charge is -2.15. The zero-order valence-corrected chi connectivity index (χ0v) is 21.1. The van der Waals surface area contributed by atoms with E-state index < -0.39 is 29.5 Å². The normalized spacial score (nSPS) is 11.8. The van der Waals surface area contributed by atoms with Crippen molar-refractivity contribution in [2.24, 2.45) is 0 Å². The summed E-state index contributed by atoms with van der Waals surface area (Å²) in [6.45, 7) is -0.234. The van der Waals surface area contributed by atoms with E-state index in [1.54, 1.807) is 24.5 Å². The van der Waals surface area contributed by atoms with Crippen molar-refractivity contribution in [3.63, 3.8) is 0 Å². The Labute approximate surface area is 227 Å². The number of pyridine rings is 3. The number of halogens is 7. The summed E-state index contributed by atoms with van der Waals surface area (Å²) in [4.78, 5) is 12.1. The number of nitrogens with one attached hydrogen (secondary N) is 1. The van der Waals surface area contributed by atoms with Gasteiger partial charge in [0.1, 0.15) is 36.2 Å². The van der Waals surface area contributed by atoms with Crippen LogP contribution >= 0.6 is 11.9 Å². The molecule has 3 aromatic heterocycles. The zero-order valence-electron chi connectivity index (χ0n) is 20.3. The largest absolute Gasteiger partial charge is 0.473 e. The third-order valence-corrected chi connectivity index (χ3v) is 5.96. The van der Waals surface area contributed by atoms with Crippen molar-refractivity contribution in [3.8, 4) is 23.0 Å². The molecule has 0 amide bonds. The van der Waals surface area contributed by atoms with Gasteiger partial charge in [0.25, 0.3) is 0 Å². The maximum atomic E-state index is 14.7. The second-order valence-electron chi connectivity index (χ2n) is 8.19. The molecule has 4 rings (SSSR count). The molecule has 0 fully saturated rings. The molecule has 0 bridgehead atoms. The van der Waals surface area contributed by atoms with E-state index in [0.717, 1.165) is 23.8 Å². The summed E-state index contributed by atoms with van der Waals surface area (Å²) in [5.74, 6) is -2.13. The van der Waals surface area contributed by atoms with Crippen molar-refractivity contribution >= 4 is 17.6 Å². The maximum absolute atomic E-state index is 14.7. The number of nitrogens with zero attached hydrogens (tertiary/aromatic N) is 3. The molecule has 0 aliphatic heterocycles. The molecule has 40 heavy (non-hydrogen) atoms. The van der Waals surface area contributed by atoms with Gasteiger partial charge in [-0.3, -0.25) is 4.98 Å². The van der Waals surface area contributed by atoms with Crippen LogP contribution in [0.15, 0.2) is 73.2 Å². The molecule has 6 nitrogen and oxygen atoms in total. The molecule has 14 heteroatoms. The molecular formula is C26H19F7N4O2S. The first kappa shape index (κ1) is 28.9. The fourth-order valence-electron chi connectivity index (χ4n) is 3.30. The maximum Gasteiger partial charge on any atom is 0.416 e. The lowest BCUT2D eigenvalue weighted by molar-refractivity contribution is -0.137. The highest BCUT2D eigenvalue weighted by Gasteiger charge is 2.30. The van der Waals surface area contributed by atoms with Crippen LogP contribution in [0.4, 0.5) is 36.4 Å². The van der Waals surface area contributed by atoms with Crippen LogP contribution in [0.2, 0.25) is 0 Å². The summed E-state index contributed by atoms with van der Waals surface area (Å²) >= 11 is 0.345. The Morgan fingerprint density at radius 2 is 1.60 bits per heavy atom. The number of alkyl halides is 6. The summed E-state index contributed by atoms with van der Waals surface area (Å²) < 4.78 is 105. The third kappa shape index (κ3) is 8.21. The van der Waals surface area contributed by atoms with Gasteiger partial charge in [-0.15, -0.1) is 0 Å². The van der Waals surface area contributed by atoms with Gasteiger partial charge in [-0.2, -0.15) is 26.3 Å². The van der Waals surface area contributed by atoms with Gasteiger partial charge in [0.15, 0.2) is 0 Å². The van der Waals surface area contributed by atoms with E-state index >= 15 is 0 Å². The van der Waals surface area contributed by atoms with E-state index in [1.165, 1.54) is 30.5 Å². The molecule has 0 saturated heterocycles. The fraction of sp³-hybridized carbons (Fsp3) is 0.192. The van der Waals surface area contributed by atoms with E-state index in [9.17, 15) is 30.7 Å². The van der Waals surface area contributed by atoms with Crippen LogP contribution in [0.5, 0.6) is 11.8 Å². The molecule has 4 aromatic rings. The molecule has 0 spiro atoms. The minimum Gasteiger partial charge on any atom is -0.473 e. The summed E-state index contributed by atoms with van der Waals surface area (Å²) in [7, 11) is 0. The van der Waals surface area contributed by atoms with Gasteiger partial charge in [0.2, 0.25) is 11.8 Å². The van der Waals surface area contributed by atoms with Crippen molar-refractivity contribution in [3.05, 3.63) is 95.7 Å². The molecular weight excluding hydrogens is 565 g/mol. The summed E-state index contributed by atoms with van der Waals surface area (Å²) in [5.41, 5.74) is -0.00693. The Balaban J connectivity index is 1.55. The summed E-state index contributed by atoms with van der Waals surface area (Å²) in [6.07, 6.45) is -4.65. The standard InChI is InChI=1S/C26H19F7N4O2S/c27-20-4-5-22(38-14-17-2-1-3-19(10-17)26(31,32)33)36-23(20)18-11-21(37-40-15-25(28,29)30)24(35-12-18)39-13-16-6-8-34-9-7-16/h1-12,37H,13-15H2. The van der Waals surface area contributed by atoms with Crippen LogP contribution in [0, 0.1) is 5.82 Å². The molecule has 0 unspecified atom stereocenters. The SMILES string of the molecule is Fc1ccc(OCc2cccc(C(F)(F)F)c2)nc1-c1cnc(OCc2ccncc2)c(NSCC(F)(F)F)c1. The smallest absolute Gasteiger partial charge is 0.416 e. The minimum absolute atomic E-state index is 0.0346. The number of ether oxygens (including phenoxy) is 2. The van der Waals surface area contributed by atoms with Crippen molar-refractivity contribution in [2.45, 2.75) is 25.6 Å². The average molecular weight is 585 g/mol. The Hall–Kier alpha value is -4.07. The van der Waals surface area contributed by atoms with Crippen LogP contribution in [-0.2, 0) is 19.4 Å². The fourth-order valence-corrected chi connectivity index (χ4v) is 3.84. The first-order chi connectivity index (χ1) is 19.0. The Morgan fingerprint density at radius 3 is 2.33 bits per heavy atom. The zero-order chi connectivity index (χ0) is 28.8. The van der Waals surface area contributed by atoms with E-state index in [2.05, 4.69) is 19.7 Å². The molecule has 210 valence electrons. The lowest BCUT2D eigenvalue weighted by atomic mass is 10.1. The van der Waals surface area contributed by atoms with Gasteiger partial charge in [0.05, 0.1) is 5.56 Å².